The van der Waals surface area contributed by atoms with Gasteiger partial charge >= 0.3 is 0 Å². The van der Waals surface area contributed by atoms with E-state index in [0.29, 0.717) is 29.7 Å². The van der Waals surface area contributed by atoms with Gasteiger partial charge in [-0.1, -0.05) is 13.3 Å². The van der Waals surface area contributed by atoms with Gasteiger partial charge < -0.3 is 25.6 Å². The zero-order valence-electron chi connectivity index (χ0n) is 15.4. The van der Waals surface area contributed by atoms with E-state index in [2.05, 4.69) is 22.5 Å². The highest BCUT2D eigenvalue weighted by atomic mass is 127. The van der Waals surface area contributed by atoms with Gasteiger partial charge in [-0.3, -0.25) is 0 Å². The summed E-state index contributed by atoms with van der Waals surface area (Å²) in [5.41, 5.74) is 0.715. The molecule has 7 heteroatoms. The second-order valence-electron chi connectivity index (χ2n) is 5.74. The van der Waals surface area contributed by atoms with Crippen LogP contribution in [0.25, 0.3) is 0 Å². The molecule has 25 heavy (non-hydrogen) atoms. The average Bonchev–Trinajstić information content (AvgIpc) is 2.58. The van der Waals surface area contributed by atoms with Crippen LogP contribution in [-0.4, -0.2) is 43.0 Å². The number of benzene rings is 1. The number of aromatic hydroxyl groups is 1. The number of methoxy groups -OCH3 is 1. The van der Waals surface area contributed by atoms with Crippen molar-refractivity contribution in [2.75, 3.05) is 26.8 Å². The van der Waals surface area contributed by atoms with E-state index in [1.54, 1.807) is 25.3 Å². The molecule has 1 atom stereocenters. The van der Waals surface area contributed by atoms with Crippen molar-refractivity contribution in [1.82, 2.24) is 10.6 Å². The van der Waals surface area contributed by atoms with Crippen LogP contribution in [0.3, 0.4) is 0 Å². The number of phenolic OH excluding ortho intramolecular Hbond substituents is 1. The van der Waals surface area contributed by atoms with Crippen molar-refractivity contribution in [2.24, 2.45) is 10.9 Å². The molecular weight excluding hydrogens is 433 g/mol. The molecule has 1 unspecified atom stereocenters. The van der Waals surface area contributed by atoms with Crippen LogP contribution in [0.5, 0.6) is 11.5 Å². The summed E-state index contributed by atoms with van der Waals surface area (Å²) in [4.78, 5) is 4.53. The molecule has 0 saturated heterocycles. The van der Waals surface area contributed by atoms with Crippen LogP contribution in [0.1, 0.15) is 38.7 Å². The summed E-state index contributed by atoms with van der Waals surface area (Å²) in [7, 11) is 1.60. The highest BCUT2D eigenvalue weighted by Crippen LogP contribution is 2.23. The Morgan fingerprint density at radius 3 is 2.60 bits per heavy atom. The van der Waals surface area contributed by atoms with Crippen molar-refractivity contribution in [3.8, 4) is 11.5 Å². The Labute approximate surface area is 168 Å². The van der Waals surface area contributed by atoms with Crippen molar-refractivity contribution in [2.45, 2.75) is 39.7 Å². The lowest BCUT2D eigenvalue weighted by molar-refractivity contribution is 0.251. The standard InChI is InChI=1S/C18H31N3O3.HI/c1-4-6-14(9-10-22)12-20-18(19-5-2)21-13-15-11-16(24-3)7-8-17(15)23;/h7-8,11,14,22-23H,4-6,9-10,12-13H2,1-3H3,(H2,19,20,21);1H. The summed E-state index contributed by atoms with van der Waals surface area (Å²) in [6.07, 6.45) is 2.96. The number of aliphatic hydroxyl groups excluding tert-OH is 1. The lowest BCUT2D eigenvalue weighted by Crippen LogP contribution is -2.40. The SMILES string of the molecule is CCCC(CCO)CNC(=NCc1cc(OC)ccc1O)NCC.I. The maximum atomic E-state index is 9.94. The van der Waals surface area contributed by atoms with Crippen molar-refractivity contribution in [1.29, 1.82) is 0 Å². The van der Waals surface area contributed by atoms with Gasteiger partial charge in [-0.05, 0) is 43.9 Å². The fourth-order valence-corrected chi connectivity index (χ4v) is 2.50. The maximum absolute atomic E-state index is 9.94. The molecule has 0 radical (unpaired) electrons. The van der Waals surface area contributed by atoms with E-state index in [-0.39, 0.29) is 36.3 Å². The normalized spacial score (nSPS) is 12.2. The predicted molar refractivity (Wildman–Crippen MR) is 113 cm³/mol. The molecule has 0 saturated carbocycles. The predicted octanol–water partition coefficient (Wildman–Crippen LogP) is 2.87. The summed E-state index contributed by atoms with van der Waals surface area (Å²) in [5.74, 6) is 2.04. The summed E-state index contributed by atoms with van der Waals surface area (Å²) in [5, 5.41) is 25.6. The zero-order chi connectivity index (χ0) is 17.8. The highest BCUT2D eigenvalue weighted by molar-refractivity contribution is 14.0. The summed E-state index contributed by atoms with van der Waals surface area (Å²) in [6, 6.07) is 5.12. The van der Waals surface area contributed by atoms with Crippen LogP contribution in [0.2, 0.25) is 0 Å². The van der Waals surface area contributed by atoms with Crippen LogP contribution in [0.4, 0.5) is 0 Å². The number of nitrogens with zero attached hydrogens (tertiary/aromatic N) is 1. The lowest BCUT2D eigenvalue weighted by Gasteiger charge is -2.18. The molecule has 4 N–H and O–H groups in total. The minimum atomic E-state index is 0. The largest absolute Gasteiger partial charge is 0.508 e. The number of phenols is 1. The second-order valence-corrected chi connectivity index (χ2v) is 5.74. The fraction of sp³-hybridized carbons (Fsp3) is 0.611. The zero-order valence-corrected chi connectivity index (χ0v) is 17.7. The second kappa shape index (κ2) is 14.0. The minimum absolute atomic E-state index is 0. The first-order chi connectivity index (χ1) is 11.6. The van der Waals surface area contributed by atoms with Crippen LogP contribution in [-0.2, 0) is 6.54 Å². The summed E-state index contributed by atoms with van der Waals surface area (Å²) in [6.45, 7) is 6.25. The molecule has 0 spiro atoms. The Morgan fingerprint density at radius 1 is 1.24 bits per heavy atom. The van der Waals surface area contributed by atoms with E-state index >= 15 is 0 Å². The molecule has 144 valence electrons. The van der Waals surface area contributed by atoms with Crippen LogP contribution in [0.15, 0.2) is 23.2 Å². The van der Waals surface area contributed by atoms with E-state index in [9.17, 15) is 5.11 Å². The van der Waals surface area contributed by atoms with Crippen molar-refractivity contribution >= 4 is 29.9 Å². The van der Waals surface area contributed by atoms with Gasteiger partial charge in [-0.2, -0.15) is 0 Å². The molecule has 0 aromatic heterocycles. The fourth-order valence-electron chi connectivity index (χ4n) is 2.50. The highest BCUT2D eigenvalue weighted by Gasteiger charge is 2.09. The number of aliphatic hydroxyl groups is 1. The van der Waals surface area contributed by atoms with Crippen molar-refractivity contribution in [3.63, 3.8) is 0 Å². The number of ether oxygens (including phenoxy) is 1. The Kier molecular flexibility index (Phi) is 13.3. The smallest absolute Gasteiger partial charge is 0.191 e. The Morgan fingerprint density at radius 2 is 2.00 bits per heavy atom. The number of hydrogen-bond donors (Lipinski definition) is 4. The van der Waals surface area contributed by atoms with Gasteiger partial charge in [0.25, 0.3) is 0 Å². The van der Waals surface area contributed by atoms with Gasteiger partial charge in [0.1, 0.15) is 11.5 Å². The van der Waals surface area contributed by atoms with Crippen LogP contribution < -0.4 is 15.4 Å². The molecule has 0 aliphatic rings. The number of aliphatic imine (C=N–C) groups is 1. The van der Waals surface area contributed by atoms with Gasteiger partial charge in [0, 0.05) is 25.3 Å². The number of hydrogen-bond acceptors (Lipinski definition) is 4. The van der Waals surface area contributed by atoms with Gasteiger partial charge in [0.05, 0.1) is 13.7 Å². The molecule has 0 heterocycles. The van der Waals surface area contributed by atoms with Gasteiger partial charge in [-0.15, -0.1) is 24.0 Å². The van der Waals surface area contributed by atoms with Crippen LogP contribution >= 0.6 is 24.0 Å². The third-order valence-corrected chi connectivity index (χ3v) is 3.83. The molecule has 1 aromatic carbocycles. The van der Waals surface area contributed by atoms with Crippen LogP contribution in [0, 0.1) is 5.92 Å². The third-order valence-electron chi connectivity index (χ3n) is 3.83. The third kappa shape index (κ3) is 9.15. The topological polar surface area (TPSA) is 86.1 Å². The molecule has 0 fully saturated rings. The van der Waals surface area contributed by atoms with E-state index in [1.807, 2.05) is 6.92 Å². The van der Waals surface area contributed by atoms with Crippen molar-refractivity contribution in [3.05, 3.63) is 23.8 Å². The van der Waals surface area contributed by atoms with E-state index in [0.717, 1.165) is 32.4 Å². The lowest BCUT2D eigenvalue weighted by atomic mass is 10.0. The summed E-state index contributed by atoms with van der Waals surface area (Å²) < 4.78 is 5.18. The maximum Gasteiger partial charge on any atom is 0.191 e. The van der Waals surface area contributed by atoms with Gasteiger partial charge in [0.2, 0.25) is 0 Å². The molecule has 0 aliphatic heterocycles. The van der Waals surface area contributed by atoms with Crippen molar-refractivity contribution < 1.29 is 14.9 Å². The van der Waals surface area contributed by atoms with E-state index in [4.69, 9.17) is 9.84 Å². The summed E-state index contributed by atoms with van der Waals surface area (Å²) >= 11 is 0. The Bertz CT molecular complexity index is 506. The first-order valence-electron chi connectivity index (χ1n) is 8.63. The Balaban J connectivity index is 0.00000576. The Hall–Kier alpha value is -1.22. The quantitative estimate of drug-likeness (QED) is 0.243. The monoisotopic (exact) mass is 465 g/mol. The van der Waals surface area contributed by atoms with E-state index in [1.165, 1.54) is 0 Å². The van der Waals surface area contributed by atoms with Gasteiger partial charge in [0.15, 0.2) is 5.96 Å². The number of rotatable bonds is 10. The minimum Gasteiger partial charge on any atom is -0.508 e. The average molecular weight is 465 g/mol. The molecule has 0 amide bonds. The first kappa shape index (κ1) is 23.8. The molecule has 0 bridgehead atoms. The van der Waals surface area contributed by atoms with E-state index < -0.39 is 0 Å². The number of halogens is 1. The number of nitrogens with one attached hydrogen (secondary N) is 2. The van der Waals surface area contributed by atoms with Gasteiger partial charge in [-0.25, -0.2) is 4.99 Å². The molecule has 1 aromatic rings. The molecule has 0 aliphatic carbocycles. The first-order valence-corrected chi connectivity index (χ1v) is 8.63. The molecule has 1 rings (SSSR count). The number of guanidine groups is 1. The molecule has 6 nitrogen and oxygen atoms in total. The molecular formula is C18H32IN3O3.